The van der Waals surface area contributed by atoms with Gasteiger partial charge in [-0.1, -0.05) is 20.8 Å². The van der Waals surface area contributed by atoms with Crippen LogP contribution in [0, 0.1) is 19.3 Å². The lowest BCUT2D eigenvalue weighted by atomic mass is 9.86. The van der Waals surface area contributed by atoms with E-state index < -0.39 is 0 Å². The molecule has 0 radical (unpaired) electrons. The van der Waals surface area contributed by atoms with Gasteiger partial charge in [0.15, 0.2) is 0 Å². The van der Waals surface area contributed by atoms with Crippen molar-refractivity contribution in [2.45, 2.75) is 66.0 Å². The van der Waals surface area contributed by atoms with Crippen LogP contribution >= 0.6 is 0 Å². The van der Waals surface area contributed by atoms with Gasteiger partial charge in [0.25, 0.3) is 0 Å². The Balaban J connectivity index is 2.24. The Morgan fingerprint density at radius 3 is 2.72 bits per heavy atom. The number of rotatable bonds is 4. The zero-order valence-electron chi connectivity index (χ0n) is 12.5. The second kappa shape index (κ2) is 5.04. The molecule has 0 saturated heterocycles. The maximum absolute atomic E-state index is 4.46. The summed E-state index contributed by atoms with van der Waals surface area (Å²) in [5.74, 6) is 0. The van der Waals surface area contributed by atoms with Gasteiger partial charge >= 0.3 is 0 Å². The minimum Gasteiger partial charge on any atom is -0.330 e. The van der Waals surface area contributed by atoms with Crippen LogP contribution < -0.4 is 5.32 Å². The second-order valence-electron chi connectivity index (χ2n) is 6.35. The third-order valence-electron chi connectivity index (χ3n) is 4.57. The molecule has 102 valence electrons. The van der Waals surface area contributed by atoms with E-state index in [1.54, 1.807) is 0 Å². The molecule has 1 aliphatic rings. The first-order valence-corrected chi connectivity index (χ1v) is 7.20. The molecule has 0 amide bonds. The Kier molecular flexibility index (Phi) is 3.81. The van der Waals surface area contributed by atoms with Crippen molar-refractivity contribution in [3.8, 4) is 0 Å². The molecule has 1 aromatic heterocycles. The number of nitrogens with zero attached hydrogens (tertiary/aromatic N) is 2. The highest BCUT2D eigenvalue weighted by Gasteiger charge is 2.42. The predicted octanol–water partition coefficient (Wildman–Crippen LogP) is 3.23. The summed E-state index contributed by atoms with van der Waals surface area (Å²) in [5, 5.41) is 3.76. The van der Waals surface area contributed by atoms with E-state index in [4.69, 9.17) is 0 Å². The molecule has 18 heavy (non-hydrogen) atoms. The topological polar surface area (TPSA) is 29.9 Å². The quantitative estimate of drug-likeness (QED) is 0.888. The molecule has 1 aromatic rings. The van der Waals surface area contributed by atoms with Gasteiger partial charge in [0.2, 0.25) is 0 Å². The fourth-order valence-electron chi connectivity index (χ4n) is 3.22. The fraction of sp³-hybridized carbons (Fsp3) is 0.800. The average molecular weight is 249 g/mol. The van der Waals surface area contributed by atoms with Crippen molar-refractivity contribution >= 4 is 0 Å². The average Bonchev–Trinajstić information content (AvgIpc) is 2.78. The van der Waals surface area contributed by atoms with Gasteiger partial charge in [-0.3, -0.25) is 0 Å². The van der Waals surface area contributed by atoms with Crippen molar-refractivity contribution in [2.24, 2.45) is 5.41 Å². The third-order valence-corrected chi connectivity index (χ3v) is 4.57. The highest BCUT2D eigenvalue weighted by molar-refractivity contribution is 5.13. The van der Waals surface area contributed by atoms with Crippen LogP contribution in [-0.2, 0) is 0 Å². The highest BCUT2D eigenvalue weighted by atomic mass is 15.1. The monoisotopic (exact) mass is 249 g/mol. The number of aryl methyl sites for hydroxylation is 1. The van der Waals surface area contributed by atoms with Gasteiger partial charge in [-0.2, -0.15) is 0 Å². The van der Waals surface area contributed by atoms with Crippen LogP contribution in [0.4, 0.5) is 0 Å². The predicted molar refractivity (Wildman–Crippen MR) is 75.8 cm³/mol. The lowest BCUT2D eigenvalue weighted by molar-refractivity contribution is 0.248. The van der Waals surface area contributed by atoms with Gasteiger partial charge in [0, 0.05) is 11.7 Å². The van der Waals surface area contributed by atoms with Crippen molar-refractivity contribution in [3.05, 3.63) is 17.7 Å². The summed E-state index contributed by atoms with van der Waals surface area (Å²) < 4.78 is 2.39. The molecule has 3 nitrogen and oxygen atoms in total. The minimum absolute atomic E-state index is 0.379. The standard InChI is InChI=1S/C15H27N3/c1-6-9-16-14-13(7-8-15(14,4)5)18-10-17-11(2)12(18)3/h10,13-14,16H,6-9H2,1-5H3. The van der Waals surface area contributed by atoms with Crippen molar-refractivity contribution in [1.82, 2.24) is 14.9 Å². The van der Waals surface area contributed by atoms with E-state index in [1.807, 2.05) is 6.33 Å². The molecule has 0 aromatic carbocycles. The largest absolute Gasteiger partial charge is 0.330 e. The van der Waals surface area contributed by atoms with Crippen LogP contribution in [0.5, 0.6) is 0 Å². The molecule has 1 fully saturated rings. The molecule has 1 aliphatic carbocycles. The van der Waals surface area contributed by atoms with Crippen LogP contribution in [0.15, 0.2) is 6.33 Å². The van der Waals surface area contributed by atoms with Gasteiger partial charge in [0.05, 0.1) is 18.1 Å². The molecule has 1 heterocycles. The van der Waals surface area contributed by atoms with Gasteiger partial charge in [-0.15, -0.1) is 0 Å². The first-order valence-electron chi connectivity index (χ1n) is 7.20. The van der Waals surface area contributed by atoms with Gasteiger partial charge in [0.1, 0.15) is 0 Å². The number of hydrogen-bond acceptors (Lipinski definition) is 2. The molecular formula is C15H27N3. The van der Waals surface area contributed by atoms with Crippen molar-refractivity contribution in [2.75, 3.05) is 6.54 Å². The van der Waals surface area contributed by atoms with Crippen molar-refractivity contribution in [3.63, 3.8) is 0 Å². The first-order chi connectivity index (χ1) is 8.47. The Morgan fingerprint density at radius 2 is 2.17 bits per heavy atom. The van der Waals surface area contributed by atoms with Crippen LogP contribution in [0.1, 0.15) is 57.5 Å². The summed E-state index contributed by atoms with van der Waals surface area (Å²) in [4.78, 5) is 4.46. The smallest absolute Gasteiger partial charge is 0.0954 e. The molecule has 0 spiro atoms. The van der Waals surface area contributed by atoms with Crippen LogP contribution in [0.25, 0.3) is 0 Å². The van der Waals surface area contributed by atoms with E-state index in [-0.39, 0.29) is 0 Å². The first kappa shape index (κ1) is 13.6. The van der Waals surface area contributed by atoms with Crippen LogP contribution in [0.2, 0.25) is 0 Å². The maximum Gasteiger partial charge on any atom is 0.0954 e. The normalized spacial score (nSPS) is 26.7. The van der Waals surface area contributed by atoms with Crippen LogP contribution in [0.3, 0.4) is 0 Å². The summed E-state index contributed by atoms with van der Waals surface area (Å²) in [5.41, 5.74) is 2.86. The van der Waals surface area contributed by atoms with E-state index >= 15 is 0 Å². The SMILES string of the molecule is CCCNC1C(n2cnc(C)c2C)CCC1(C)C. The van der Waals surface area contributed by atoms with E-state index in [2.05, 4.69) is 49.5 Å². The van der Waals surface area contributed by atoms with E-state index in [1.165, 1.54) is 25.0 Å². The van der Waals surface area contributed by atoms with Crippen molar-refractivity contribution < 1.29 is 0 Å². The molecule has 1 N–H and O–H groups in total. The Morgan fingerprint density at radius 1 is 1.44 bits per heavy atom. The lowest BCUT2D eigenvalue weighted by Crippen LogP contribution is -2.43. The minimum atomic E-state index is 0.379. The Labute approximate surface area is 111 Å². The molecule has 0 bridgehead atoms. The summed E-state index contributed by atoms with van der Waals surface area (Å²) >= 11 is 0. The summed E-state index contributed by atoms with van der Waals surface area (Å²) in [6.07, 6.45) is 5.76. The second-order valence-corrected chi connectivity index (χ2v) is 6.35. The zero-order valence-corrected chi connectivity index (χ0v) is 12.5. The van der Waals surface area contributed by atoms with E-state index in [0.29, 0.717) is 17.5 Å². The van der Waals surface area contributed by atoms with Crippen LogP contribution in [-0.4, -0.2) is 22.1 Å². The summed E-state index contributed by atoms with van der Waals surface area (Å²) in [6, 6.07) is 1.12. The van der Waals surface area contributed by atoms with Gasteiger partial charge < -0.3 is 9.88 Å². The molecule has 0 aliphatic heterocycles. The number of imidazole rings is 1. The van der Waals surface area contributed by atoms with Gasteiger partial charge in [-0.25, -0.2) is 4.98 Å². The number of nitrogens with one attached hydrogen (secondary N) is 1. The Bertz CT molecular complexity index is 406. The van der Waals surface area contributed by atoms with E-state index in [0.717, 1.165) is 12.2 Å². The summed E-state index contributed by atoms with van der Waals surface area (Å²) in [7, 11) is 0. The van der Waals surface area contributed by atoms with Crippen molar-refractivity contribution in [1.29, 1.82) is 0 Å². The lowest BCUT2D eigenvalue weighted by Gasteiger charge is -2.32. The Hall–Kier alpha value is -0.830. The maximum atomic E-state index is 4.46. The molecule has 1 saturated carbocycles. The molecular weight excluding hydrogens is 222 g/mol. The zero-order chi connectivity index (χ0) is 13.3. The number of hydrogen-bond donors (Lipinski definition) is 1. The number of aromatic nitrogens is 2. The van der Waals surface area contributed by atoms with E-state index in [9.17, 15) is 0 Å². The fourth-order valence-corrected chi connectivity index (χ4v) is 3.22. The molecule has 2 atom stereocenters. The molecule has 3 heteroatoms. The molecule has 2 rings (SSSR count). The highest BCUT2D eigenvalue weighted by Crippen LogP contribution is 2.44. The third kappa shape index (κ3) is 2.33. The summed E-state index contributed by atoms with van der Waals surface area (Å²) in [6.45, 7) is 12.4. The van der Waals surface area contributed by atoms with Gasteiger partial charge in [-0.05, 0) is 45.1 Å². The molecule has 2 unspecified atom stereocenters.